The molecule has 0 bridgehead atoms. The summed E-state index contributed by atoms with van der Waals surface area (Å²) in [6, 6.07) is 12.0. The molecule has 2 rings (SSSR count). The fourth-order valence-corrected chi connectivity index (χ4v) is 2.78. The topological polar surface area (TPSA) is 67.9 Å². The summed E-state index contributed by atoms with van der Waals surface area (Å²) in [5.41, 5.74) is 0.389. The molecule has 1 atom stereocenters. The molecule has 0 fully saturated rings. The fourth-order valence-electron chi connectivity index (χ4n) is 2.78. The van der Waals surface area contributed by atoms with Crippen LogP contribution in [0.2, 0.25) is 0 Å². The Bertz CT molecular complexity index is 862. The summed E-state index contributed by atoms with van der Waals surface area (Å²) in [6.45, 7) is 7.25. The second-order valence-electron chi connectivity index (χ2n) is 8.03. The van der Waals surface area contributed by atoms with Crippen LogP contribution in [-0.4, -0.2) is 42.0 Å². The summed E-state index contributed by atoms with van der Waals surface area (Å²) in [5, 5.41) is 2.90. The maximum absolute atomic E-state index is 13.1. The van der Waals surface area contributed by atoms with Crippen LogP contribution >= 0.6 is 0 Å². The lowest BCUT2D eigenvalue weighted by Gasteiger charge is -2.31. The van der Waals surface area contributed by atoms with Crippen molar-refractivity contribution in [2.75, 3.05) is 13.7 Å². The van der Waals surface area contributed by atoms with Crippen molar-refractivity contribution < 1.29 is 23.5 Å². The van der Waals surface area contributed by atoms with Crippen molar-refractivity contribution in [2.24, 2.45) is 0 Å². The molecule has 30 heavy (non-hydrogen) atoms. The van der Waals surface area contributed by atoms with Gasteiger partial charge in [0.15, 0.2) is 6.61 Å². The average Bonchev–Trinajstić information content (AvgIpc) is 2.69. The molecule has 0 radical (unpaired) electrons. The molecule has 0 aliphatic heterocycles. The first-order valence-electron chi connectivity index (χ1n) is 9.72. The lowest BCUT2D eigenvalue weighted by atomic mass is 10.1. The van der Waals surface area contributed by atoms with Gasteiger partial charge in [0.25, 0.3) is 5.91 Å². The van der Waals surface area contributed by atoms with Gasteiger partial charge in [0.05, 0.1) is 7.11 Å². The Morgan fingerprint density at radius 2 is 1.77 bits per heavy atom. The Labute approximate surface area is 177 Å². The third-order valence-corrected chi connectivity index (χ3v) is 4.33. The monoisotopic (exact) mass is 416 g/mol. The predicted molar refractivity (Wildman–Crippen MR) is 113 cm³/mol. The van der Waals surface area contributed by atoms with Gasteiger partial charge in [-0.1, -0.05) is 12.1 Å². The third-order valence-electron chi connectivity index (χ3n) is 4.33. The van der Waals surface area contributed by atoms with Crippen LogP contribution < -0.4 is 14.8 Å². The molecule has 1 unspecified atom stereocenters. The van der Waals surface area contributed by atoms with E-state index in [0.717, 1.165) is 5.56 Å². The van der Waals surface area contributed by atoms with Gasteiger partial charge in [0.2, 0.25) is 5.91 Å². The van der Waals surface area contributed by atoms with Gasteiger partial charge in [-0.3, -0.25) is 9.59 Å². The summed E-state index contributed by atoms with van der Waals surface area (Å²) in [4.78, 5) is 27.1. The number of rotatable bonds is 8. The molecule has 0 aliphatic rings. The molecular formula is C23H29FN2O4. The number of amides is 2. The molecule has 0 aromatic heterocycles. The number of nitrogens with one attached hydrogen (secondary N) is 1. The minimum absolute atomic E-state index is 0.210. The van der Waals surface area contributed by atoms with E-state index in [1.54, 1.807) is 14.0 Å². The smallest absolute Gasteiger partial charge is 0.261 e. The number of ether oxygens (including phenoxy) is 2. The van der Waals surface area contributed by atoms with E-state index in [4.69, 9.17) is 9.47 Å². The van der Waals surface area contributed by atoms with E-state index in [1.807, 2.05) is 45.0 Å². The molecule has 6 nitrogen and oxygen atoms in total. The Hall–Kier alpha value is -3.09. The number of benzene rings is 2. The molecule has 2 aromatic carbocycles. The van der Waals surface area contributed by atoms with Crippen molar-refractivity contribution in [3.8, 4) is 11.5 Å². The van der Waals surface area contributed by atoms with E-state index in [2.05, 4.69) is 5.32 Å². The quantitative estimate of drug-likeness (QED) is 0.715. The first kappa shape index (κ1) is 23.2. The molecular weight excluding hydrogens is 387 g/mol. The normalized spacial score (nSPS) is 12.1. The number of hydrogen-bond donors (Lipinski definition) is 1. The highest BCUT2D eigenvalue weighted by atomic mass is 19.1. The molecule has 2 amide bonds. The van der Waals surface area contributed by atoms with E-state index >= 15 is 0 Å². The van der Waals surface area contributed by atoms with Crippen LogP contribution in [0.1, 0.15) is 33.3 Å². The second-order valence-corrected chi connectivity index (χ2v) is 8.03. The van der Waals surface area contributed by atoms with E-state index in [1.165, 1.54) is 29.2 Å². The van der Waals surface area contributed by atoms with Crippen LogP contribution in [0.5, 0.6) is 11.5 Å². The molecule has 2 aromatic rings. The van der Waals surface area contributed by atoms with E-state index < -0.39 is 11.6 Å². The zero-order valence-corrected chi connectivity index (χ0v) is 18.1. The molecule has 0 saturated heterocycles. The SMILES string of the molecule is COc1cccc(CN(C(=O)COc2ccc(F)cc2)C(C)C(=O)NC(C)(C)C)c1. The van der Waals surface area contributed by atoms with Crippen molar-refractivity contribution in [1.82, 2.24) is 10.2 Å². The molecule has 7 heteroatoms. The molecule has 0 aliphatic carbocycles. The Morgan fingerprint density at radius 3 is 2.37 bits per heavy atom. The van der Waals surface area contributed by atoms with Gasteiger partial charge >= 0.3 is 0 Å². The fraction of sp³-hybridized carbons (Fsp3) is 0.391. The van der Waals surface area contributed by atoms with Gasteiger partial charge < -0.3 is 19.7 Å². The highest BCUT2D eigenvalue weighted by Crippen LogP contribution is 2.17. The minimum Gasteiger partial charge on any atom is -0.497 e. The zero-order chi connectivity index (χ0) is 22.3. The molecule has 0 saturated carbocycles. The van der Waals surface area contributed by atoms with Gasteiger partial charge in [0.1, 0.15) is 23.4 Å². The maximum Gasteiger partial charge on any atom is 0.261 e. The largest absolute Gasteiger partial charge is 0.497 e. The highest BCUT2D eigenvalue weighted by molar-refractivity contribution is 5.88. The van der Waals surface area contributed by atoms with Crippen LogP contribution in [0.4, 0.5) is 4.39 Å². The van der Waals surface area contributed by atoms with Crippen molar-refractivity contribution in [1.29, 1.82) is 0 Å². The zero-order valence-electron chi connectivity index (χ0n) is 18.1. The standard InChI is InChI=1S/C23H29FN2O4/c1-16(22(28)25-23(2,3)4)26(14-17-7-6-8-20(13-17)29-5)21(27)15-30-19-11-9-18(24)10-12-19/h6-13,16H,14-15H2,1-5H3,(H,25,28). The van der Waals surface area contributed by atoms with Crippen LogP contribution in [0.25, 0.3) is 0 Å². The maximum atomic E-state index is 13.1. The van der Waals surface area contributed by atoms with Gasteiger partial charge in [0, 0.05) is 12.1 Å². The lowest BCUT2D eigenvalue weighted by molar-refractivity contribution is -0.142. The van der Waals surface area contributed by atoms with E-state index in [0.29, 0.717) is 11.5 Å². The molecule has 0 heterocycles. The number of hydrogen-bond acceptors (Lipinski definition) is 4. The summed E-state index contributed by atoms with van der Waals surface area (Å²) in [6.07, 6.45) is 0. The van der Waals surface area contributed by atoms with Crippen LogP contribution in [0, 0.1) is 5.82 Å². The number of nitrogens with zero attached hydrogens (tertiary/aromatic N) is 1. The average molecular weight is 416 g/mol. The molecule has 0 spiro atoms. The number of halogens is 1. The van der Waals surface area contributed by atoms with Gasteiger partial charge in [-0.2, -0.15) is 0 Å². The van der Waals surface area contributed by atoms with Crippen molar-refractivity contribution in [2.45, 2.75) is 45.8 Å². The molecule has 162 valence electrons. The van der Waals surface area contributed by atoms with E-state index in [-0.39, 0.29) is 30.8 Å². The summed E-state index contributed by atoms with van der Waals surface area (Å²) >= 11 is 0. The minimum atomic E-state index is -0.722. The molecule has 1 N–H and O–H groups in total. The van der Waals surface area contributed by atoms with Crippen LogP contribution in [0.15, 0.2) is 48.5 Å². The van der Waals surface area contributed by atoms with Crippen LogP contribution in [-0.2, 0) is 16.1 Å². The number of carbonyl (C=O) groups is 2. The van der Waals surface area contributed by atoms with Crippen molar-refractivity contribution >= 4 is 11.8 Å². The van der Waals surface area contributed by atoms with Crippen molar-refractivity contribution in [3.63, 3.8) is 0 Å². The van der Waals surface area contributed by atoms with Gasteiger partial charge in [-0.25, -0.2) is 4.39 Å². The number of methoxy groups -OCH3 is 1. The highest BCUT2D eigenvalue weighted by Gasteiger charge is 2.28. The first-order chi connectivity index (χ1) is 14.1. The first-order valence-corrected chi connectivity index (χ1v) is 9.72. The summed E-state index contributed by atoms with van der Waals surface area (Å²) in [7, 11) is 1.57. The predicted octanol–water partition coefficient (Wildman–Crippen LogP) is 3.55. The van der Waals surface area contributed by atoms with E-state index in [9.17, 15) is 14.0 Å². The second kappa shape index (κ2) is 10.1. The summed E-state index contributed by atoms with van der Waals surface area (Å²) < 4.78 is 23.8. The summed E-state index contributed by atoms with van der Waals surface area (Å²) in [5.74, 6) is 0.0205. The Balaban J connectivity index is 2.18. The lowest BCUT2D eigenvalue weighted by Crippen LogP contribution is -2.53. The van der Waals surface area contributed by atoms with Gasteiger partial charge in [-0.05, 0) is 69.7 Å². The Kier molecular flexibility index (Phi) is 7.80. The van der Waals surface area contributed by atoms with Gasteiger partial charge in [-0.15, -0.1) is 0 Å². The third kappa shape index (κ3) is 7.06. The van der Waals surface area contributed by atoms with Crippen molar-refractivity contribution in [3.05, 3.63) is 59.9 Å². The van der Waals surface area contributed by atoms with Crippen LogP contribution in [0.3, 0.4) is 0 Å². The Morgan fingerprint density at radius 1 is 1.10 bits per heavy atom. The number of carbonyl (C=O) groups excluding carboxylic acids is 2.